The van der Waals surface area contributed by atoms with Gasteiger partial charge in [-0.2, -0.15) is 0 Å². The van der Waals surface area contributed by atoms with E-state index in [2.05, 4.69) is 37.1 Å². The van der Waals surface area contributed by atoms with Gasteiger partial charge in [-0.25, -0.2) is 0 Å². The van der Waals surface area contributed by atoms with Crippen LogP contribution >= 0.6 is 0 Å². The van der Waals surface area contributed by atoms with Crippen molar-refractivity contribution >= 4 is 0 Å². The van der Waals surface area contributed by atoms with Gasteiger partial charge in [-0.3, -0.25) is 4.98 Å². The van der Waals surface area contributed by atoms with Gasteiger partial charge in [0.15, 0.2) is 0 Å². The van der Waals surface area contributed by atoms with Crippen LogP contribution in [0.5, 0.6) is 0 Å². The summed E-state index contributed by atoms with van der Waals surface area (Å²) in [6.45, 7) is 7.85. The van der Waals surface area contributed by atoms with Gasteiger partial charge in [0, 0.05) is 30.9 Å². The first-order valence-corrected chi connectivity index (χ1v) is 6.31. The van der Waals surface area contributed by atoms with E-state index in [1.807, 2.05) is 18.3 Å². The van der Waals surface area contributed by atoms with E-state index in [0.29, 0.717) is 6.04 Å². The molecule has 0 saturated heterocycles. The van der Waals surface area contributed by atoms with Crippen LogP contribution in [0.3, 0.4) is 0 Å². The Balaban J connectivity index is 2.11. The van der Waals surface area contributed by atoms with E-state index in [-0.39, 0.29) is 0 Å². The Morgan fingerprint density at radius 2 is 2.00 bits per heavy atom. The number of hydrogen-bond donors (Lipinski definition) is 1. The highest BCUT2D eigenvalue weighted by Gasteiger charge is 2.02. The van der Waals surface area contributed by atoms with Gasteiger partial charge >= 0.3 is 0 Å². The zero-order valence-corrected chi connectivity index (χ0v) is 10.7. The van der Waals surface area contributed by atoms with E-state index in [0.717, 1.165) is 18.9 Å². The van der Waals surface area contributed by atoms with E-state index in [4.69, 9.17) is 0 Å². The van der Waals surface area contributed by atoms with Gasteiger partial charge in [0.2, 0.25) is 0 Å². The van der Waals surface area contributed by atoms with Gasteiger partial charge in [-0.1, -0.05) is 19.9 Å². The number of aromatic nitrogens is 1. The molecule has 1 unspecified atom stereocenters. The number of nitrogens with zero attached hydrogens (tertiary/aromatic N) is 1. The lowest BCUT2D eigenvalue weighted by Gasteiger charge is -2.14. The highest BCUT2D eigenvalue weighted by molar-refractivity contribution is 5.03. The van der Waals surface area contributed by atoms with E-state index >= 15 is 0 Å². The average molecular weight is 220 g/mol. The van der Waals surface area contributed by atoms with Crippen LogP contribution in [-0.2, 0) is 6.42 Å². The SMILES string of the molecule is CC(C)CCC(C)NCCc1ccccn1. The summed E-state index contributed by atoms with van der Waals surface area (Å²) >= 11 is 0. The van der Waals surface area contributed by atoms with Gasteiger partial charge in [0.05, 0.1) is 0 Å². The molecule has 2 heteroatoms. The Labute approximate surface area is 99.5 Å². The topological polar surface area (TPSA) is 24.9 Å². The molecule has 0 aliphatic heterocycles. The zero-order valence-electron chi connectivity index (χ0n) is 10.7. The predicted octanol–water partition coefficient (Wildman–Crippen LogP) is 3.04. The fourth-order valence-electron chi connectivity index (χ4n) is 1.68. The van der Waals surface area contributed by atoms with E-state index in [9.17, 15) is 0 Å². The molecular formula is C14H24N2. The van der Waals surface area contributed by atoms with E-state index in [1.54, 1.807) is 0 Å². The van der Waals surface area contributed by atoms with Crippen LogP contribution in [0.15, 0.2) is 24.4 Å². The molecule has 0 saturated carbocycles. The fraction of sp³-hybridized carbons (Fsp3) is 0.643. The zero-order chi connectivity index (χ0) is 11.8. The van der Waals surface area contributed by atoms with Crippen molar-refractivity contribution in [2.45, 2.75) is 46.1 Å². The number of hydrogen-bond acceptors (Lipinski definition) is 2. The lowest BCUT2D eigenvalue weighted by molar-refractivity contribution is 0.453. The molecule has 0 aromatic carbocycles. The molecule has 1 aromatic heterocycles. The van der Waals surface area contributed by atoms with Crippen molar-refractivity contribution in [1.29, 1.82) is 0 Å². The Bertz CT molecular complexity index is 269. The number of pyridine rings is 1. The predicted molar refractivity (Wildman–Crippen MR) is 69.5 cm³/mol. The van der Waals surface area contributed by atoms with Crippen LogP contribution in [0.2, 0.25) is 0 Å². The standard InChI is InChI=1S/C14H24N2/c1-12(2)7-8-13(3)15-11-9-14-6-4-5-10-16-14/h4-6,10,12-13,15H,7-9,11H2,1-3H3. The summed E-state index contributed by atoms with van der Waals surface area (Å²) in [5.41, 5.74) is 1.17. The van der Waals surface area contributed by atoms with Crippen molar-refractivity contribution in [3.63, 3.8) is 0 Å². The molecule has 0 aliphatic carbocycles. The maximum absolute atomic E-state index is 4.31. The van der Waals surface area contributed by atoms with Gasteiger partial charge < -0.3 is 5.32 Å². The minimum Gasteiger partial charge on any atom is -0.314 e. The summed E-state index contributed by atoms with van der Waals surface area (Å²) in [7, 11) is 0. The molecule has 1 rings (SSSR count). The molecule has 1 heterocycles. The normalized spacial score (nSPS) is 13.0. The van der Waals surface area contributed by atoms with Crippen molar-refractivity contribution in [1.82, 2.24) is 10.3 Å². The van der Waals surface area contributed by atoms with Crippen molar-refractivity contribution in [2.24, 2.45) is 5.92 Å². The number of nitrogens with one attached hydrogen (secondary N) is 1. The second-order valence-electron chi connectivity index (χ2n) is 4.90. The summed E-state index contributed by atoms with van der Waals surface area (Å²) < 4.78 is 0. The Hall–Kier alpha value is -0.890. The summed E-state index contributed by atoms with van der Waals surface area (Å²) in [5.74, 6) is 0.806. The quantitative estimate of drug-likeness (QED) is 0.764. The highest BCUT2D eigenvalue weighted by Crippen LogP contribution is 2.06. The minimum absolute atomic E-state index is 0.617. The molecule has 0 fully saturated rings. The van der Waals surface area contributed by atoms with Crippen LogP contribution in [0.1, 0.15) is 39.3 Å². The van der Waals surface area contributed by atoms with Gasteiger partial charge in [-0.05, 0) is 37.8 Å². The first kappa shape index (κ1) is 13.2. The summed E-state index contributed by atoms with van der Waals surface area (Å²) in [6, 6.07) is 6.71. The lowest BCUT2D eigenvalue weighted by atomic mass is 10.0. The van der Waals surface area contributed by atoms with Crippen LogP contribution in [0.25, 0.3) is 0 Å². The third-order valence-corrected chi connectivity index (χ3v) is 2.78. The minimum atomic E-state index is 0.617. The van der Waals surface area contributed by atoms with Crippen LogP contribution in [-0.4, -0.2) is 17.6 Å². The average Bonchev–Trinajstić information content (AvgIpc) is 2.28. The molecule has 2 nitrogen and oxygen atoms in total. The maximum atomic E-state index is 4.31. The van der Waals surface area contributed by atoms with Gasteiger partial charge in [0.25, 0.3) is 0 Å². The second-order valence-corrected chi connectivity index (χ2v) is 4.90. The molecular weight excluding hydrogens is 196 g/mol. The van der Waals surface area contributed by atoms with E-state index in [1.165, 1.54) is 18.5 Å². The molecule has 0 bridgehead atoms. The monoisotopic (exact) mass is 220 g/mol. The molecule has 1 aromatic rings. The van der Waals surface area contributed by atoms with Crippen molar-refractivity contribution in [3.8, 4) is 0 Å². The molecule has 0 aliphatic rings. The molecule has 0 amide bonds. The first-order chi connectivity index (χ1) is 7.68. The molecule has 16 heavy (non-hydrogen) atoms. The Morgan fingerprint density at radius 1 is 1.19 bits per heavy atom. The van der Waals surface area contributed by atoms with Crippen molar-refractivity contribution in [2.75, 3.05) is 6.54 Å². The summed E-state index contributed by atoms with van der Waals surface area (Å²) in [4.78, 5) is 4.31. The van der Waals surface area contributed by atoms with E-state index < -0.39 is 0 Å². The molecule has 1 atom stereocenters. The maximum Gasteiger partial charge on any atom is 0.0416 e. The third-order valence-electron chi connectivity index (χ3n) is 2.78. The Kier molecular flexibility index (Phi) is 6.09. The van der Waals surface area contributed by atoms with Crippen LogP contribution < -0.4 is 5.32 Å². The first-order valence-electron chi connectivity index (χ1n) is 6.31. The van der Waals surface area contributed by atoms with Gasteiger partial charge in [0.1, 0.15) is 0 Å². The lowest BCUT2D eigenvalue weighted by Crippen LogP contribution is -2.28. The van der Waals surface area contributed by atoms with Gasteiger partial charge in [-0.15, -0.1) is 0 Å². The Morgan fingerprint density at radius 3 is 2.62 bits per heavy atom. The van der Waals surface area contributed by atoms with Crippen molar-refractivity contribution in [3.05, 3.63) is 30.1 Å². The van der Waals surface area contributed by atoms with Crippen LogP contribution in [0, 0.1) is 5.92 Å². The third kappa shape index (κ3) is 5.86. The fourth-order valence-corrected chi connectivity index (χ4v) is 1.68. The molecule has 1 N–H and O–H groups in total. The molecule has 90 valence electrons. The van der Waals surface area contributed by atoms with Crippen molar-refractivity contribution < 1.29 is 0 Å². The molecule has 0 spiro atoms. The summed E-state index contributed by atoms with van der Waals surface area (Å²) in [6.07, 6.45) is 5.45. The largest absolute Gasteiger partial charge is 0.314 e. The molecule has 0 radical (unpaired) electrons. The number of rotatable bonds is 7. The summed E-state index contributed by atoms with van der Waals surface area (Å²) in [5, 5.41) is 3.55. The second kappa shape index (κ2) is 7.39. The highest BCUT2D eigenvalue weighted by atomic mass is 14.9. The smallest absolute Gasteiger partial charge is 0.0416 e. The van der Waals surface area contributed by atoms with Crippen LogP contribution in [0.4, 0.5) is 0 Å².